The molecule has 0 radical (unpaired) electrons. The van der Waals surface area contributed by atoms with Crippen molar-refractivity contribution < 1.29 is 9.18 Å². The maximum absolute atomic E-state index is 13.4. The van der Waals surface area contributed by atoms with Gasteiger partial charge < -0.3 is 11.1 Å². The Bertz CT molecular complexity index is 446. The highest BCUT2D eigenvalue weighted by molar-refractivity contribution is 5.92. The second-order valence-corrected chi connectivity index (χ2v) is 3.20. The van der Waals surface area contributed by atoms with Gasteiger partial charge in [-0.1, -0.05) is 12.0 Å². The van der Waals surface area contributed by atoms with E-state index in [4.69, 9.17) is 5.73 Å². The standard InChI is InChI=1S/C12H13FN2O/c1-2-3-6-15-8-10-5-4-9(12(14)16)7-11(10)13/h4-5,7,15H,6,8H2,1H3,(H2,14,16). The molecule has 1 aromatic carbocycles. The first-order valence-corrected chi connectivity index (χ1v) is 4.83. The Hall–Kier alpha value is -1.86. The second-order valence-electron chi connectivity index (χ2n) is 3.20. The molecule has 0 atom stereocenters. The van der Waals surface area contributed by atoms with Gasteiger partial charge in [-0.05, 0) is 19.1 Å². The molecule has 0 aliphatic carbocycles. The molecule has 1 amide bonds. The summed E-state index contributed by atoms with van der Waals surface area (Å²) in [6.07, 6.45) is 0. The third-order valence-electron chi connectivity index (χ3n) is 2.04. The summed E-state index contributed by atoms with van der Waals surface area (Å²) in [5, 5.41) is 2.96. The molecule has 0 aromatic heterocycles. The minimum absolute atomic E-state index is 0.176. The Morgan fingerprint density at radius 1 is 1.56 bits per heavy atom. The molecule has 1 rings (SSSR count). The van der Waals surface area contributed by atoms with Gasteiger partial charge in [-0.15, -0.1) is 5.92 Å². The zero-order valence-corrected chi connectivity index (χ0v) is 9.01. The van der Waals surface area contributed by atoms with Crippen LogP contribution in [-0.2, 0) is 6.54 Å². The summed E-state index contributed by atoms with van der Waals surface area (Å²) >= 11 is 0. The van der Waals surface area contributed by atoms with Gasteiger partial charge in [-0.2, -0.15) is 0 Å². The lowest BCUT2D eigenvalue weighted by atomic mass is 10.1. The van der Waals surface area contributed by atoms with Gasteiger partial charge in [0.1, 0.15) is 5.82 Å². The van der Waals surface area contributed by atoms with Crippen LogP contribution in [0.3, 0.4) is 0 Å². The average molecular weight is 220 g/mol. The van der Waals surface area contributed by atoms with Gasteiger partial charge in [0, 0.05) is 17.7 Å². The molecule has 3 nitrogen and oxygen atoms in total. The van der Waals surface area contributed by atoms with Crippen molar-refractivity contribution in [2.75, 3.05) is 6.54 Å². The molecule has 0 unspecified atom stereocenters. The number of benzene rings is 1. The summed E-state index contributed by atoms with van der Waals surface area (Å²) in [6.45, 7) is 2.62. The van der Waals surface area contributed by atoms with E-state index in [1.54, 1.807) is 13.0 Å². The van der Waals surface area contributed by atoms with E-state index in [2.05, 4.69) is 17.2 Å². The number of nitrogens with one attached hydrogen (secondary N) is 1. The molecule has 0 fully saturated rings. The molecule has 84 valence electrons. The summed E-state index contributed by atoms with van der Waals surface area (Å²) in [5.41, 5.74) is 5.70. The van der Waals surface area contributed by atoms with Crippen LogP contribution >= 0.6 is 0 Å². The number of hydrogen-bond donors (Lipinski definition) is 2. The number of carbonyl (C=O) groups is 1. The lowest BCUT2D eigenvalue weighted by Crippen LogP contribution is -2.16. The minimum atomic E-state index is -0.629. The number of rotatable bonds is 4. The SMILES string of the molecule is CC#CCNCc1ccc(C(N)=O)cc1F. The van der Waals surface area contributed by atoms with Crippen molar-refractivity contribution in [2.45, 2.75) is 13.5 Å². The van der Waals surface area contributed by atoms with Crippen LogP contribution in [0.5, 0.6) is 0 Å². The van der Waals surface area contributed by atoms with Crippen LogP contribution in [0.2, 0.25) is 0 Å². The minimum Gasteiger partial charge on any atom is -0.366 e. The van der Waals surface area contributed by atoms with Crippen LogP contribution in [0.4, 0.5) is 4.39 Å². The first-order valence-electron chi connectivity index (χ1n) is 4.83. The third kappa shape index (κ3) is 3.37. The van der Waals surface area contributed by atoms with E-state index < -0.39 is 11.7 Å². The maximum atomic E-state index is 13.4. The Morgan fingerprint density at radius 3 is 2.88 bits per heavy atom. The molecule has 0 spiro atoms. The van der Waals surface area contributed by atoms with E-state index in [1.807, 2.05) is 0 Å². The number of hydrogen-bond acceptors (Lipinski definition) is 2. The monoisotopic (exact) mass is 220 g/mol. The van der Waals surface area contributed by atoms with E-state index in [-0.39, 0.29) is 5.56 Å². The van der Waals surface area contributed by atoms with Crippen LogP contribution in [-0.4, -0.2) is 12.5 Å². The van der Waals surface area contributed by atoms with Gasteiger partial charge in [0.2, 0.25) is 5.91 Å². The first-order chi connectivity index (χ1) is 7.65. The average Bonchev–Trinajstić information content (AvgIpc) is 2.26. The van der Waals surface area contributed by atoms with E-state index in [1.165, 1.54) is 6.07 Å². The second kappa shape index (κ2) is 5.89. The predicted octanol–water partition coefficient (Wildman–Crippen LogP) is 1.04. The molecule has 0 saturated heterocycles. The van der Waals surface area contributed by atoms with Crippen LogP contribution in [0.25, 0.3) is 0 Å². The maximum Gasteiger partial charge on any atom is 0.248 e. The molecule has 0 saturated carbocycles. The van der Waals surface area contributed by atoms with Crippen molar-refractivity contribution >= 4 is 5.91 Å². The van der Waals surface area contributed by atoms with Crippen LogP contribution in [0, 0.1) is 17.7 Å². The quantitative estimate of drug-likeness (QED) is 0.588. The smallest absolute Gasteiger partial charge is 0.248 e. The lowest BCUT2D eigenvalue weighted by Gasteiger charge is -2.04. The van der Waals surface area contributed by atoms with Crippen molar-refractivity contribution in [2.24, 2.45) is 5.73 Å². The van der Waals surface area contributed by atoms with Gasteiger partial charge >= 0.3 is 0 Å². The molecular weight excluding hydrogens is 207 g/mol. The van der Waals surface area contributed by atoms with Crippen molar-refractivity contribution in [1.29, 1.82) is 0 Å². The number of nitrogens with two attached hydrogens (primary N) is 1. The van der Waals surface area contributed by atoms with Gasteiger partial charge in [0.15, 0.2) is 0 Å². The Labute approximate surface area is 93.8 Å². The first kappa shape index (κ1) is 12.2. The lowest BCUT2D eigenvalue weighted by molar-refractivity contribution is 0.1000. The predicted molar refractivity (Wildman–Crippen MR) is 60.1 cm³/mol. The largest absolute Gasteiger partial charge is 0.366 e. The molecule has 16 heavy (non-hydrogen) atoms. The summed E-state index contributed by atoms with van der Waals surface area (Å²) in [4.78, 5) is 10.8. The van der Waals surface area contributed by atoms with E-state index in [0.29, 0.717) is 18.7 Å². The normalized spacial score (nSPS) is 9.38. The molecule has 0 aliphatic heterocycles. The van der Waals surface area contributed by atoms with Crippen LogP contribution in [0.15, 0.2) is 18.2 Å². The summed E-state index contributed by atoms with van der Waals surface area (Å²) in [6, 6.07) is 4.20. The van der Waals surface area contributed by atoms with Gasteiger partial charge in [-0.25, -0.2) is 4.39 Å². The fourth-order valence-electron chi connectivity index (χ4n) is 1.19. The summed E-state index contributed by atoms with van der Waals surface area (Å²) in [7, 11) is 0. The van der Waals surface area contributed by atoms with Crippen molar-refractivity contribution in [1.82, 2.24) is 5.32 Å². The van der Waals surface area contributed by atoms with E-state index in [9.17, 15) is 9.18 Å². The number of halogens is 1. The highest BCUT2D eigenvalue weighted by Crippen LogP contribution is 2.09. The molecule has 0 heterocycles. The number of carbonyl (C=O) groups excluding carboxylic acids is 1. The van der Waals surface area contributed by atoms with Gasteiger partial charge in [0.25, 0.3) is 0 Å². The van der Waals surface area contributed by atoms with Crippen molar-refractivity contribution in [3.63, 3.8) is 0 Å². The molecular formula is C12H13FN2O. The molecule has 1 aromatic rings. The third-order valence-corrected chi connectivity index (χ3v) is 2.04. The van der Waals surface area contributed by atoms with Gasteiger partial charge in [0.05, 0.1) is 6.54 Å². The molecule has 0 aliphatic rings. The van der Waals surface area contributed by atoms with Crippen molar-refractivity contribution in [3.8, 4) is 11.8 Å². The number of primary amides is 1. The van der Waals surface area contributed by atoms with Crippen LogP contribution in [0.1, 0.15) is 22.8 Å². The Kier molecular flexibility index (Phi) is 4.49. The van der Waals surface area contributed by atoms with E-state index >= 15 is 0 Å². The molecule has 3 N–H and O–H groups in total. The fraction of sp³-hybridized carbons (Fsp3) is 0.250. The highest BCUT2D eigenvalue weighted by Gasteiger charge is 2.06. The van der Waals surface area contributed by atoms with Crippen LogP contribution < -0.4 is 11.1 Å². The summed E-state index contributed by atoms with van der Waals surface area (Å²) in [5.74, 6) is 4.47. The Morgan fingerprint density at radius 2 is 2.31 bits per heavy atom. The van der Waals surface area contributed by atoms with E-state index in [0.717, 1.165) is 6.07 Å². The highest BCUT2D eigenvalue weighted by atomic mass is 19.1. The topological polar surface area (TPSA) is 55.1 Å². The molecule has 0 bridgehead atoms. The fourth-order valence-corrected chi connectivity index (χ4v) is 1.19. The van der Waals surface area contributed by atoms with Crippen molar-refractivity contribution in [3.05, 3.63) is 35.1 Å². The zero-order valence-electron chi connectivity index (χ0n) is 9.01. The molecule has 4 heteroatoms. The van der Waals surface area contributed by atoms with Gasteiger partial charge in [-0.3, -0.25) is 4.79 Å². The number of amides is 1. The Balaban J connectivity index is 2.67. The summed E-state index contributed by atoms with van der Waals surface area (Å²) < 4.78 is 13.4. The zero-order chi connectivity index (χ0) is 12.0.